The first kappa shape index (κ1) is 20.1. The third-order valence-corrected chi connectivity index (χ3v) is 4.58. The molecule has 0 bridgehead atoms. The summed E-state index contributed by atoms with van der Waals surface area (Å²) in [6.45, 7) is 4.65. The van der Waals surface area contributed by atoms with Gasteiger partial charge in [-0.1, -0.05) is 12.1 Å². The molecular weight excluding hydrogens is 392 g/mol. The van der Waals surface area contributed by atoms with Gasteiger partial charge < -0.3 is 15.2 Å². The van der Waals surface area contributed by atoms with E-state index in [2.05, 4.69) is 35.8 Å². The zero-order chi connectivity index (χ0) is 21.6. The van der Waals surface area contributed by atoms with E-state index < -0.39 is 0 Å². The second-order valence-corrected chi connectivity index (χ2v) is 7.20. The Hall–Kier alpha value is -4.14. The lowest BCUT2D eigenvalue weighted by Crippen LogP contribution is -2.14. The summed E-state index contributed by atoms with van der Waals surface area (Å²) in [6, 6.07) is 12.9. The molecule has 1 amide bonds. The molecule has 3 heterocycles. The quantitative estimate of drug-likeness (QED) is 0.475. The molecule has 3 aromatic heterocycles. The molecule has 2 N–H and O–H groups in total. The third kappa shape index (κ3) is 4.89. The topological polar surface area (TPSA) is 111 Å². The number of pyridine rings is 1. The van der Waals surface area contributed by atoms with Crippen LogP contribution in [-0.2, 0) is 6.54 Å². The predicted molar refractivity (Wildman–Crippen MR) is 117 cm³/mol. The van der Waals surface area contributed by atoms with Crippen LogP contribution in [0.15, 0.2) is 67.5 Å². The van der Waals surface area contributed by atoms with Crippen LogP contribution in [0.2, 0.25) is 0 Å². The van der Waals surface area contributed by atoms with Gasteiger partial charge in [-0.25, -0.2) is 15.0 Å². The third-order valence-electron chi connectivity index (χ3n) is 4.58. The normalized spacial score (nSPS) is 10.8. The van der Waals surface area contributed by atoms with Gasteiger partial charge in [-0.3, -0.25) is 4.79 Å². The molecule has 9 heteroatoms. The summed E-state index contributed by atoms with van der Waals surface area (Å²) < 4.78 is 1.93. The number of benzene rings is 1. The lowest BCUT2D eigenvalue weighted by atomic mass is 10.2. The molecule has 0 aliphatic heterocycles. The van der Waals surface area contributed by atoms with Crippen molar-refractivity contribution in [2.24, 2.45) is 0 Å². The predicted octanol–water partition coefficient (Wildman–Crippen LogP) is 3.58. The van der Waals surface area contributed by atoms with Crippen LogP contribution in [0.5, 0.6) is 0 Å². The average Bonchev–Trinajstić information content (AvgIpc) is 3.29. The van der Waals surface area contributed by atoms with Crippen LogP contribution in [0.1, 0.15) is 35.8 Å². The molecule has 0 radical (unpaired) electrons. The monoisotopic (exact) mass is 414 g/mol. The number of carbonyl (C=O) groups excluding carboxylic acids is 1. The average molecular weight is 414 g/mol. The van der Waals surface area contributed by atoms with Crippen LogP contribution >= 0.6 is 0 Å². The molecule has 0 saturated carbocycles. The summed E-state index contributed by atoms with van der Waals surface area (Å²) in [4.78, 5) is 25.3. The Balaban J connectivity index is 1.47. The summed E-state index contributed by atoms with van der Waals surface area (Å²) in [6.07, 6.45) is 6.65. The Bertz CT molecular complexity index is 1170. The van der Waals surface area contributed by atoms with Crippen LogP contribution < -0.4 is 10.6 Å². The first-order valence-electron chi connectivity index (χ1n) is 9.86. The van der Waals surface area contributed by atoms with Crippen LogP contribution in [0.3, 0.4) is 0 Å². The second-order valence-electron chi connectivity index (χ2n) is 7.20. The first-order chi connectivity index (χ1) is 15.1. The van der Waals surface area contributed by atoms with Crippen LogP contribution in [0.4, 0.5) is 11.5 Å². The van der Waals surface area contributed by atoms with Gasteiger partial charge >= 0.3 is 0 Å². The van der Waals surface area contributed by atoms with E-state index in [9.17, 15) is 4.79 Å². The van der Waals surface area contributed by atoms with Gasteiger partial charge in [-0.2, -0.15) is 0 Å². The molecule has 4 rings (SSSR count). The largest absolute Gasteiger partial charge is 0.381 e. The van der Waals surface area contributed by atoms with E-state index in [0.29, 0.717) is 29.4 Å². The SMILES string of the molecule is CC(C)n1cnnc1-c1cccc(NC(=O)c2cccc(NCc3cncnc3)c2)n1. The zero-order valence-corrected chi connectivity index (χ0v) is 17.2. The molecule has 0 fully saturated rings. The van der Waals surface area contributed by atoms with E-state index in [0.717, 1.165) is 11.3 Å². The first-order valence-corrected chi connectivity index (χ1v) is 9.86. The van der Waals surface area contributed by atoms with Crippen molar-refractivity contribution < 1.29 is 4.79 Å². The van der Waals surface area contributed by atoms with Gasteiger partial charge in [0.15, 0.2) is 5.82 Å². The summed E-state index contributed by atoms with van der Waals surface area (Å²) in [7, 11) is 0. The number of hydrogen-bond acceptors (Lipinski definition) is 7. The molecule has 9 nitrogen and oxygen atoms in total. The summed E-state index contributed by atoms with van der Waals surface area (Å²) in [5.74, 6) is 0.851. The van der Waals surface area contributed by atoms with Gasteiger partial charge in [-0.05, 0) is 44.2 Å². The molecule has 0 aliphatic carbocycles. The highest BCUT2D eigenvalue weighted by Gasteiger charge is 2.13. The minimum absolute atomic E-state index is 0.197. The number of nitrogens with zero attached hydrogens (tertiary/aromatic N) is 6. The van der Waals surface area contributed by atoms with Crippen LogP contribution in [-0.4, -0.2) is 35.6 Å². The number of hydrogen-bond donors (Lipinski definition) is 2. The Kier molecular flexibility index (Phi) is 5.93. The molecule has 156 valence electrons. The van der Waals surface area contributed by atoms with Crippen molar-refractivity contribution in [3.05, 3.63) is 78.6 Å². The fraction of sp³-hybridized carbons (Fsp3) is 0.182. The highest BCUT2D eigenvalue weighted by Crippen LogP contribution is 2.20. The van der Waals surface area contributed by atoms with E-state index in [4.69, 9.17) is 0 Å². The minimum Gasteiger partial charge on any atom is -0.381 e. The molecule has 0 atom stereocenters. The van der Waals surface area contributed by atoms with Crippen molar-refractivity contribution in [1.29, 1.82) is 0 Å². The Morgan fingerprint density at radius 3 is 2.71 bits per heavy atom. The van der Waals surface area contributed by atoms with Crippen LogP contribution in [0, 0.1) is 0 Å². The number of carbonyl (C=O) groups is 1. The Morgan fingerprint density at radius 1 is 1.10 bits per heavy atom. The summed E-state index contributed by atoms with van der Waals surface area (Å²) >= 11 is 0. The number of rotatable bonds is 7. The van der Waals surface area contributed by atoms with E-state index in [-0.39, 0.29) is 11.9 Å². The lowest BCUT2D eigenvalue weighted by Gasteiger charge is -2.11. The molecule has 0 unspecified atom stereocenters. The van der Waals surface area contributed by atoms with E-state index in [1.54, 1.807) is 36.9 Å². The van der Waals surface area contributed by atoms with Gasteiger partial charge in [0.05, 0.1) is 0 Å². The van der Waals surface area contributed by atoms with Crippen molar-refractivity contribution in [3.8, 4) is 11.5 Å². The highest BCUT2D eigenvalue weighted by atomic mass is 16.1. The molecule has 0 spiro atoms. The standard InChI is InChI=1S/C22H22N8O/c1-15(2)30-14-26-29-21(30)19-7-4-8-20(27-19)28-22(31)17-5-3-6-18(9-17)25-12-16-10-23-13-24-11-16/h3-11,13-15,25H,12H2,1-2H3,(H,27,28,31). The Morgan fingerprint density at radius 2 is 1.90 bits per heavy atom. The smallest absolute Gasteiger partial charge is 0.256 e. The van der Waals surface area contributed by atoms with Gasteiger partial charge in [-0.15, -0.1) is 10.2 Å². The molecule has 1 aromatic carbocycles. The van der Waals surface area contributed by atoms with Gasteiger partial charge in [0.1, 0.15) is 24.2 Å². The Labute approximate surface area is 179 Å². The highest BCUT2D eigenvalue weighted by molar-refractivity contribution is 6.04. The zero-order valence-electron chi connectivity index (χ0n) is 17.2. The van der Waals surface area contributed by atoms with Crippen molar-refractivity contribution >= 4 is 17.4 Å². The van der Waals surface area contributed by atoms with E-state index in [1.165, 1.54) is 6.33 Å². The van der Waals surface area contributed by atoms with Crippen molar-refractivity contribution in [1.82, 2.24) is 29.7 Å². The maximum Gasteiger partial charge on any atom is 0.256 e. The lowest BCUT2D eigenvalue weighted by molar-refractivity contribution is 0.102. The summed E-state index contributed by atoms with van der Waals surface area (Å²) in [5, 5.41) is 14.3. The van der Waals surface area contributed by atoms with Gasteiger partial charge in [0.2, 0.25) is 0 Å². The number of nitrogens with one attached hydrogen (secondary N) is 2. The number of anilines is 2. The molecule has 31 heavy (non-hydrogen) atoms. The maximum atomic E-state index is 12.8. The number of amides is 1. The maximum absolute atomic E-state index is 12.8. The summed E-state index contributed by atoms with van der Waals surface area (Å²) in [5.41, 5.74) is 2.94. The molecule has 0 aliphatic rings. The number of aromatic nitrogens is 6. The van der Waals surface area contributed by atoms with Crippen molar-refractivity contribution in [3.63, 3.8) is 0 Å². The molecular formula is C22H22N8O. The molecule has 4 aromatic rings. The van der Waals surface area contributed by atoms with Gasteiger partial charge in [0, 0.05) is 41.8 Å². The minimum atomic E-state index is -0.248. The van der Waals surface area contributed by atoms with E-state index in [1.807, 2.05) is 42.7 Å². The second kappa shape index (κ2) is 9.12. The fourth-order valence-electron chi connectivity index (χ4n) is 3.02. The van der Waals surface area contributed by atoms with Crippen LogP contribution in [0.25, 0.3) is 11.5 Å². The molecule has 0 saturated heterocycles. The van der Waals surface area contributed by atoms with E-state index >= 15 is 0 Å². The van der Waals surface area contributed by atoms with Crippen molar-refractivity contribution in [2.75, 3.05) is 10.6 Å². The van der Waals surface area contributed by atoms with Gasteiger partial charge in [0.25, 0.3) is 5.91 Å². The van der Waals surface area contributed by atoms with Crippen molar-refractivity contribution in [2.45, 2.75) is 26.4 Å². The fourth-order valence-corrected chi connectivity index (χ4v) is 3.02.